The van der Waals surface area contributed by atoms with Crippen LogP contribution in [0.3, 0.4) is 0 Å². The minimum Gasteiger partial charge on any atom is -0.348 e. The summed E-state index contributed by atoms with van der Waals surface area (Å²) in [4.78, 5) is 30.3. The molecule has 0 spiro atoms. The van der Waals surface area contributed by atoms with Crippen molar-refractivity contribution in [3.8, 4) is 0 Å². The normalized spacial score (nSPS) is 15.6. The van der Waals surface area contributed by atoms with Gasteiger partial charge in [0.2, 0.25) is 5.91 Å². The lowest BCUT2D eigenvalue weighted by Crippen LogP contribution is -2.37. The third-order valence-electron chi connectivity index (χ3n) is 3.99. The SMILES string of the molecule is C[C@@H](Cn1ccnc1)NC(=O)c1ccc(Cl)cc1N1CCCC1=O. The van der Waals surface area contributed by atoms with E-state index in [2.05, 4.69) is 10.3 Å². The lowest BCUT2D eigenvalue weighted by molar-refractivity contribution is -0.117. The average Bonchev–Trinajstić information content (AvgIpc) is 3.18. The summed E-state index contributed by atoms with van der Waals surface area (Å²) in [6.07, 6.45) is 6.55. The average molecular weight is 347 g/mol. The van der Waals surface area contributed by atoms with Crippen molar-refractivity contribution in [1.29, 1.82) is 0 Å². The van der Waals surface area contributed by atoms with Crippen LogP contribution in [0.1, 0.15) is 30.1 Å². The van der Waals surface area contributed by atoms with Gasteiger partial charge < -0.3 is 14.8 Å². The van der Waals surface area contributed by atoms with Crippen molar-refractivity contribution in [3.05, 3.63) is 47.5 Å². The van der Waals surface area contributed by atoms with Gasteiger partial charge in [0.1, 0.15) is 0 Å². The van der Waals surface area contributed by atoms with Crippen LogP contribution in [0, 0.1) is 0 Å². The summed E-state index contributed by atoms with van der Waals surface area (Å²) in [6, 6.07) is 4.94. The number of imidazole rings is 1. The van der Waals surface area contributed by atoms with E-state index in [0.29, 0.717) is 35.8 Å². The molecule has 1 N–H and O–H groups in total. The van der Waals surface area contributed by atoms with Gasteiger partial charge >= 0.3 is 0 Å². The molecule has 126 valence electrons. The van der Waals surface area contributed by atoms with Crippen LogP contribution in [0.25, 0.3) is 0 Å². The fraction of sp³-hybridized carbons (Fsp3) is 0.353. The molecule has 1 aliphatic heterocycles. The van der Waals surface area contributed by atoms with Gasteiger partial charge in [0, 0.05) is 43.0 Å². The van der Waals surface area contributed by atoms with Gasteiger partial charge in [-0.2, -0.15) is 0 Å². The van der Waals surface area contributed by atoms with E-state index < -0.39 is 0 Å². The summed E-state index contributed by atoms with van der Waals surface area (Å²) in [5.74, 6) is -0.188. The maximum absolute atomic E-state index is 12.7. The number of nitrogens with zero attached hydrogens (tertiary/aromatic N) is 3. The molecule has 3 rings (SSSR count). The molecule has 6 nitrogen and oxygen atoms in total. The van der Waals surface area contributed by atoms with Gasteiger partial charge in [0.15, 0.2) is 0 Å². The molecule has 7 heteroatoms. The van der Waals surface area contributed by atoms with Crippen molar-refractivity contribution in [1.82, 2.24) is 14.9 Å². The number of carbonyl (C=O) groups excluding carboxylic acids is 2. The number of carbonyl (C=O) groups is 2. The van der Waals surface area contributed by atoms with Gasteiger partial charge in [-0.25, -0.2) is 4.98 Å². The van der Waals surface area contributed by atoms with Crippen LogP contribution in [-0.2, 0) is 11.3 Å². The molecule has 0 bridgehead atoms. The Hall–Kier alpha value is -2.34. The summed E-state index contributed by atoms with van der Waals surface area (Å²) in [6.45, 7) is 3.16. The second-order valence-electron chi connectivity index (χ2n) is 5.94. The maximum atomic E-state index is 12.7. The fourth-order valence-corrected chi connectivity index (χ4v) is 3.05. The molecule has 0 unspecified atom stereocenters. The van der Waals surface area contributed by atoms with Crippen LogP contribution in [0.2, 0.25) is 5.02 Å². The molecule has 1 aromatic heterocycles. The third-order valence-corrected chi connectivity index (χ3v) is 4.23. The highest BCUT2D eigenvalue weighted by atomic mass is 35.5. The zero-order valence-corrected chi connectivity index (χ0v) is 14.2. The lowest BCUT2D eigenvalue weighted by Gasteiger charge is -2.21. The van der Waals surface area contributed by atoms with Crippen molar-refractivity contribution >= 4 is 29.1 Å². The number of hydrogen-bond acceptors (Lipinski definition) is 3. The Morgan fingerprint density at radius 3 is 2.96 bits per heavy atom. The van der Waals surface area contributed by atoms with E-state index in [1.54, 1.807) is 35.6 Å². The first-order valence-corrected chi connectivity index (χ1v) is 8.29. The minimum atomic E-state index is -0.214. The van der Waals surface area contributed by atoms with Gasteiger partial charge in [-0.15, -0.1) is 0 Å². The first kappa shape index (κ1) is 16.5. The summed E-state index contributed by atoms with van der Waals surface area (Å²) in [5.41, 5.74) is 1.05. The molecule has 24 heavy (non-hydrogen) atoms. The van der Waals surface area contributed by atoms with Crippen LogP contribution < -0.4 is 10.2 Å². The van der Waals surface area contributed by atoms with Crippen molar-refractivity contribution < 1.29 is 9.59 Å². The van der Waals surface area contributed by atoms with Crippen LogP contribution >= 0.6 is 11.6 Å². The van der Waals surface area contributed by atoms with Crippen LogP contribution in [0.5, 0.6) is 0 Å². The first-order valence-electron chi connectivity index (χ1n) is 7.91. The molecule has 0 aliphatic carbocycles. The number of rotatable bonds is 5. The Bertz CT molecular complexity index is 745. The molecule has 2 aromatic rings. The van der Waals surface area contributed by atoms with Crippen LogP contribution in [-0.4, -0.2) is 34.0 Å². The second kappa shape index (κ2) is 7.05. The van der Waals surface area contributed by atoms with E-state index in [-0.39, 0.29) is 17.9 Å². The van der Waals surface area contributed by atoms with Gasteiger partial charge in [-0.05, 0) is 31.5 Å². The van der Waals surface area contributed by atoms with E-state index in [1.807, 2.05) is 17.7 Å². The smallest absolute Gasteiger partial charge is 0.253 e. The lowest BCUT2D eigenvalue weighted by atomic mass is 10.1. The van der Waals surface area contributed by atoms with Crippen LogP contribution in [0.15, 0.2) is 36.9 Å². The highest BCUT2D eigenvalue weighted by Gasteiger charge is 2.26. The number of anilines is 1. The molecule has 1 atom stereocenters. The summed E-state index contributed by atoms with van der Waals surface area (Å²) < 4.78 is 1.90. The Morgan fingerprint density at radius 2 is 2.29 bits per heavy atom. The summed E-state index contributed by atoms with van der Waals surface area (Å²) >= 11 is 6.07. The van der Waals surface area contributed by atoms with Gasteiger partial charge in [-0.1, -0.05) is 11.6 Å². The maximum Gasteiger partial charge on any atom is 0.253 e. The third kappa shape index (κ3) is 3.59. The molecule has 1 fully saturated rings. The number of amides is 2. The molecule has 0 saturated carbocycles. The van der Waals surface area contributed by atoms with E-state index in [4.69, 9.17) is 11.6 Å². The highest BCUT2D eigenvalue weighted by molar-refractivity contribution is 6.31. The number of aromatic nitrogens is 2. The highest BCUT2D eigenvalue weighted by Crippen LogP contribution is 2.28. The molecule has 2 amide bonds. The van der Waals surface area contributed by atoms with Gasteiger partial charge in [0.25, 0.3) is 5.91 Å². The molecule has 1 aromatic carbocycles. The predicted octanol–water partition coefficient (Wildman–Crippen LogP) is 2.48. The second-order valence-corrected chi connectivity index (χ2v) is 6.38. The van der Waals surface area contributed by atoms with Gasteiger partial charge in [-0.3, -0.25) is 9.59 Å². The number of hydrogen-bond donors (Lipinski definition) is 1. The van der Waals surface area contributed by atoms with Gasteiger partial charge in [0.05, 0.1) is 17.6 Å². The van der Waals surface area contributed by atoms with E-state index >= 15 is 0 Å². The quantitative estimate of drug-likeness (QED) is 0.904. The molecular formula is C17H19ClN4O2. The zero-order chi connectivity index (χ0) is 17.1. The zero-order valence-electron chi connectivity index (χ0n) is 13.4. The topological polar surface area (TPSA) is 67.2 Å². The molecule has 1 saturated heterocycles. The molecule has 1 aliphatic rings. The van der Waals surface area contributed by atoms with E-state index in [0.717, 1.165) is 6.42 Å². The van der Waals surface area contributed by atoms with Crippen molar-refractivity contribution in [2.75, 3.05) is 11.4 Å². The Morgan fingerprint density at radius 1 is 1.46 bits per heavy atom. The number of benzene rings is 1. The summed E-state index contributed by atoms with van der Waals surface area (Å²) in [5, 5.41) is 3.47. The van der Waals surface area contributed by atoms with Crippen molar-refractivity contribution in [3.63, 3.8) is 0 Å². The Kier molecular flexibility index (Phi) is 4.85. The molecular weight excluding hydrogens is 328 g/mol. The predicted molar refractivity (Wildman–Crippen MR) is 92.2 cm³/mol. The first-order chi connectivity index (χ1) is 11.5. The monoisotopic (exact) mass is 346 g/mol. The Balaban J connectivity index is 1.78. The van der Waals surface area contributed by atoms with Crippen molar-refractivity contribution in [2.45, 2.75) is 32.4 Å². The number of halogens is 1. The minimum absolute atomic E-state index is 0.0257. The van der Waals surface area contributed by atoms with Crippen LogP contribution in [0.4, 0.5) is 5.69 Å². The fourth-order valence-electron chi connectivity index (χ4n) is 2.88. The number of nitrogens with one attached hydrogen (secondary N) is 1. The largest absolute Gasteiger partial charge is 0.348 e. The molecule has 0 radical (unpaired) electrons. The van der Waals surface area contributed by atoms with E-state index in [9.17, 15) is 9.59 Å². The summed E-state index contributed by atoms with van der Waals surface area (Å²) in [7, 11) is 0. The van der Waals surface area contributed by atoms with E-state index in [1.165, 1.54) is 0 Å². The Labute approximate surface area is 145 Å². The standard InChI is InChI=1S/C17H19ClN4O2/c1-12(10-21-8-6-19-11-21)20-17(24)14-5-4-13(18)9-15(14)22-7-2-3-16(22)23/h4-6,8-9,11-12H,2-3,7,10H2,1H3,(H,20,24)/t12-/m0/s1. The molecule has 2 heterocycles. The van der Waals surface area contributed by atoms with Crippen molar-refractivity contribution in [2.24, 2.45) is 0 Å².